The van der Waals surface area contributed by atoms with Gasteiger partial charge in [0.25, 0.3) is 0 Å². The summed E-state index contributed by atoms with van der Waals surface area (Å²) in [5.41, 5.74) is -4.77. The van der Waals surface area contributed by atoms with Crippen LogP contribution < -0.4 is 26.8 Å². The molecule has 47 heavy (non-hydrogen) atoms. The van der Waals surface area contributed by atoms with E-state index in [-0.39, 0.29) is 22.3 Å². The molecule has 4 aromatic carbocycles. The van der Waals surface area contributed by atoms with Gasteiger partial charge in [-0.2, -0.15) is 4.39 Å². The van der Waals surface area contributed by atoms with Crippen LogP contribution >= 0.6 is 7.26 Å². The highest BCUT2D eigenvalue weighted by Gasteiger charge is 2.64. The number of hydrogen-bond donors (Lipinski definition) is 0. The molecule has 0 saturated heterocycles. The Labute approximate surface area is 265 Å². The standard InChI is InChI=1S/C35H26BF10P/c1-17-15-18(35(2,3)4)16-21-33(17)47(19-11-7-5-8-12-19,20-13-9-6-10-14-20)34-23(26(39)29(42)31(44)32(34)45)36(21,46)22-24(37)27(40)30(43)28(41)25(22)38/h5-14,16,18H,15H2,1-4H3/t18-,36-/m0/s1. The average Bonchev–Trinajstić information content (AvgIpc) is 3.05. The third-order valence-electron chi connectivity index (χ3n) is 9.40. The minimum Gasteiger partial charge on any atom is -0.498 e. The van der Waals surface area contributed by atoms with E-state index < -0.39 is 99.1 Å². The van der Waals surface area contributed by atoms with Crippen molar-refractivity contribution in [1.29, 1.82) is 0 Å². The van der Waals surface area contributed by atoms with Crippen molar-refractivity contribution in [3.8, 4) is 0 Å². The molecule has 1 aliphatic heterocycles. The zero-order valence-corrected chi connectivity index (χ0v) is 26.3. The summed E-state index contributed by atoms with van der Waals surface area (Å²) >= 11 is 0. The van der Waals surface area contributed by atoms with Crippen LogP contribution in [0.25, 0.3) is 0 Å². The van der Waals surface area contributed by atoms with E-state index in [1.165, 1.54) is 30.3 Å². The van der Waals surface area contributed by atoms with Crippen molar-refractivity contribution < 1.29 is 43.8 Å². The fourth-order valence-corrected chi connectivity index (χ4v) is 12.3. The molecule has 0 amide bonds. The van der Waals surface area contributed by atoms with E-state index in [1.54, 1.807) is 64.1 Å². The van der Waals surface area contributed by atoms with E-state index in [0.29, 0.717) is 5.57 Å². The predicted octanol–water partition coefficient (Wildman–Crippen LogP) is 8.08. The lowest BCUT2D eigenvalue weighted by molar-refractivity contribution is 0.288. The molecule has 0 N–H and O–H groups in total. The maximum absolute atomic E-state index is 18.7. The minimum atomic E-state index is -5.25. The van der Waals surface area contributed by atoms with Gasteiger partial charge in [0.1, 0.15) is 40.6 Å². The molecule has 4 aromatic rings. The summed E-state index contributed by atoms with van der Waals surface area (Å²) in [7, 11) is -4.07. The highest BCUT2D eigenvalue weighted by molar-refractivity contribution is 8.00. The van der Waals surface area contributed by atoms with Gasteiger partial charge in [-0.25, -0.2) is 35.1 Å². The molecule has 0 unspecified atom stereocenters. The van der Waals surface area contributed by atoms with Gasteiger partial charge in [-0.3, -0.25) is 0 Å². The smallest absolute Gasteiger partial charge is 0.250 e. The van der Waals surface area contributed by atoms with Crippen molar-refractivity contribution >= 4 is 40.5 Å². The lowest BCUT2D eigenvalue weighted by Gasteiger charge is -2.51. The first kappa shape index (κ1) is 33.1. The molecule has 0 spiro atoms. The fourth-order valence-electron chi connectivity index (χ4n) is 7.22. The Kier molecular flexibility index (Phi) is 7.82. The maximum Gasteiger partial charge on any atom is 0.250 e. The predicted molar refractivity (Wildman–Crippen MR) is 166 cm³/mol. The molecule has 2 aliphatic rings. The van der Waals surface area contributed by atoms with Crippen LogP contribution in [0, 0.1) is 63.7 Å². The van der Waals surface area contributed by atoms with Crippen molar-refractivity contribution in [3.63, 3.8) is 0 Å². The number of fused-ring (bicyclic) bond motifs is 2. The van der Waals surface area contributed by atoms with Crippen LogP contribution in [0.3, 0.4) is 0 Å². The average molecular weight is 678 g/mol. The lowest BCUT2D eigenvalue weighted by Crippen LogP contribution is -2.70. The number of rotatable bonds is 3. The van der Waals surface area contributed by atoms with Crippen LogP contribution in [0.5, 0.6) is 0 Å². The van der Waals surface area contributed by atoms with Gasteiger partial charge in [-0.05, 0) is 54.5 Å². The van der Waals surface area contributed by atoms with Gasteiger partial charge in [0.05, 0.1) is 5.31 Å². The summed E-state index contributed by atoms with van der Waals surface area (Å²) in [5.74, 6) is -22.8. The normalized spacial score (nSPS) is 20.6. The third-order valence-corrected chi connectivity index (χ3v) is 14.0. The topological polar surface area (TPSA) is 0 Å². The summed E-state index contributed by atoms with van der Waals surface area (Å²) in [4.78, 5) is 0. The Hall–Kier alpha value is -3.85. The van der Waals surface area contributed by atoms with Crippen LogP contribution in [0.15, 0.2) is 83.1 Å². The molecule has 244 valence electrons. The van der Waals surface area contributed by atoms with E-state index >= 15 is 30.7 Å². The van der Waals surface area contributed by atoms with Gasteiger partial charge < -0.3 is 4.32 Å². The molecular formula is C35H26BF10P. The molecule has 1 heterocycles. The van der Waals surface area contributed by atoms with Crippen LogP contribution in [0.2, 0.25) is 0 Å². The first-order chi connectivity index (χ1) is 22.0. The summed E-state index contributed by atoms with van der Waals surface area (Å²) in [6.07, 6.45) is -3.84. The van der Waals surface area contributed by atoms with Crippen molar-refractivity contribution in [2.24, 2.45) is 11.3 Å². The monoisotopic (exact) mass is 678 g/mol. The van der Waals surface area contributed by atoms with Crippen molar-refractivity contribution in [1.82, 2.24) is 0 Å². The summed E-state index contributed by atoms with van der Waals surface area (Å²) < 4.78 is 158. The summed E-state index contributed by atoms with van der Waals surface area (Å²) in [6.45, 7) is 6.85. The van der Waals surface area contributed by atoms with E-state index in [4.69, 9.17) is 0 Å². The first-order valence-corrected chi connectivity index (χ1v) is 16.5. The molecule has 0 fully saturated rings. The largest absolute Gasteiger partial charge is 0.498 e. The van der Waals surface area contributed by atoms with E-state index in [1.807, 2.05) is 0 Å². The van der Waals surface area contributed by atoms with Crippen LogP contribution in [0.1, 0.15) is 34.1 Å². The van der Waals surface area contributed by atoms with Crippen molar-refractivity contribution in [2.45, 2.75) is 34.1 Å². The van der Waals surface area contributed by atoms with Gasteiger partial charge in [-0.15, -0.1) is 11.5 Å². The Morgan fingerprint density at radius 1 is 0.596 bits per heavy atom. The number of allylic oxidation sites excluding steroid dienone is 4. The molecule has 12 heteroatoms. The first-order valence-electron chi connectivity index (χ1n) is 14.7. The zero-order valence-electron chi connectivity index (χ0n) is 25.4. The number of halogens is 10. The summed E-state index contributed by atoms with van der Waals surface area (Å²) in [5, 5.41) is -0.708. The van der Waals surface area contributed by atoms with E-state index in [0.717, 1.165) is 0 Å². The van der Waals surface area contributed by atoms with Gasteiger partial charge in [0.2, 0.25) is 18.1 Å². The maximum atomic E-state index is 18.7. The second kappa shape index (κ2) is 11.1. The van der Waals surface area contributed by atoms with E-state index in [9.17, 15) is 13.2 Å². The van der Waals surface area contributed by atoms with Crippen LogP contribution in [-0.2, 0) is 0 Å². The molecule has 0 aromatic heterocycles. The fraction of sp³-hybridized carbons (Fsp3) is 0.200. The lowest BCUT2D eigenvalue weighted by atomic mass is 9.29. The second-order valence-corrected chi connectivity index (χ2v) is 16.3. The van der Waals surface area contributed by atoms with Crippen LogP contribution in [-0.4, -0.2) is 6.42 Å². The molecular weight excluding hydrogens is 652 g/mol. The molecule has 6 rings (SSSR count). The Bertz CT molecular complexity index is 1950. The molecule has 0 saturated carbocycles. The molecule has 2 atom stereocenters. The number of hydrogen-bond acceptors (Lipinski definition) is 0. The molecule has 0 radical (unpaired) electrons. The summed E-state index contributed by atoms with van der Waals surface area (Å²) in [6, 6.07) is 15.4. The SMILES string of the molecule is CC1=C2C(=C[C@@H](C(C)(C)C)C1)[B@-](F)(c1c(F)c(F)c(F)c(F)c1F)c1c(F)c(F)c(F)c(F)c1[P+]2(c1ccccc1)c1ccccc1. The molecule has 0 nitrogen and oxygen atoms in total. The molecule has 1 aliphatic carbocycles. The highest BCUT2D eigenvalue weighted by atomic mass is 31.2. The zero-order chi connectivity index (χ0) is 34.4. The van der Waals surface area contributed by atoms with Gasteiger partial charge in [0, 0.05) is 0 Å². The minimum absolute atomic E-state index is 0.0846. The van der Waals surface area contributed by atoms with Crippen molar-refractivity contribution in [2.75, 3.05) is 0 Å². The van der Waals surface area contributed by atoms with Crippen molar-refractivity contribution in [3.05, 3.63) is 135 Å². The number of benzene rings is 4. The van der Waals surface area contributed by atoms with Gasteiger partial charge in [-0.1, -0.05) is 68.1 Å². The molecule has 0 bridgehead atoms. The Morgan fingerprint density at radius 2 is 1.00 bits per heavy atom. The van der Waals surface area contributed by atoms with E-state index in [2.05, 4.69) is 0 Å². The highest BCUT2D eigenvalue weighted by Crippen LogP contribution is 2.70. The van der Waals surface area contributed by atoms with Crippen LogP contribution in [0.4, 0.5) is 43.8 Å². The van der Waals surface area contributed by atoms with Gasteiger partial charge >= 0.3 is 0 Å². The second-order valence-electron chi connectivity index (χ2n) is 13.0. The van der Waals surface area contributed by atoms with Gasteiger partial charge in [0.15, 0.2) is 23.3 Å². The third kappa shape index (κ3) is 4.41. The Balaban J connectivity index is 1.99. The quantitative estimate of drug-likeness (QED) is 0.0677. The Morgan fingerprint density at radius 3 is 1.45 bits per heavy atom.